The van der Waals surface area contributed by atoms with Crippen LogP contribution < -0.4 is 0 Å². The second-order valence-corrected chi connectivity index (χ2v) is 10.6. The third kappa shape index (κ3) is 2.64. The molecule has 122 valence electrons. The van der Waals surface area contributed by atoms with Crippen LogP contribution in [0.3, 0.4) is 0 Å². The summed E-state index contributed by atoms with van der Waals surface area (Å²) in [5, 5.41) is 1.50. The highest BCUT2D eigenvalue weighted by Gasteiger charge is 2.33. The Morgan fingerprint density at radius 1 is 0.667 bits per heavy atom. The summed E-state index contributed by atoms with van der Waals surface area (Å²) < 4.78 is 50.4. The maximum Gasteiger partial charge on any atom is 0.286 e. The molecule has 0 unspecified atom stereocenters. The summed E-state index contributed by atoms with van der Waals surface area (Å²) in [6, 6.07) is 17.0. The molecule has 0 spiro atoms. The molecule has 0 radical (unpaired) electrons. The lowest BCUT2D eigenvalue weighted by Gasteiger charge is -2.08. The van der Waals surface area contributed by atoms with Gasteiger partial charge in [-0.25, -0.2) is 16.8 Å². The highest BCUT2D eigenvalue weighted by atomic mass is 33.2. The van der Waals surface area contributed by atoms with Crippen molar-refractivity contribution in [3.63, 3.8) is 0 Å². The molecule has 0 heterocycles. The van der Waals surface area contributed by atoms with Gasteiger partial charge in [0.1, 0.15) is 0 Å². The molecule has 0 aliphatic heterocycles. The van der Waals surface area contributed by atoms with Crippen LogP contribution in [0, 0.1) is 0 Å². The second kappa shape index (κ2) is 5.89. The fraction of sp³-hybridized carbons (Fsp3) is 0. The first-order valence-electron chi connectivity index (χ1n) is 7.08. The van der Waals surface area contributed by atoms with Gasteiger partial charge in [0.2, 0.25) is 0 Å². The lowest BCUT2D eigenvalue weighted by Crippen LogP contribution is -2.16. The van der Waals surface area contributed by atoms with Gasteiger partial charge in [0.05, 0.1) is 9.79 Å². The third-order valence-corrected chi connectivity index (χ3v) is 8.85. The molecule has 3 aromatic carbocycles. The molecule has 0 saturated carbocycles. The van der Waals surface area contributed by atoms with E-state index in [0.29, 0.717) is 10.9 Å². The summed E-state index contributed by atoms with van der Waals surface area (Å²) in [5.41, 5.74) is 0.706. The molecule has 0 fully saturated rings. The number of rotatable bonds is 4. The molecule has 0 atom stereocenters. The highest BCUT2D eigenvalue weighted by molar-refractivity contribution is 8.67. The molecule has 0 aromatic heterocycles. The van der Waals surface area contributed by atoms with Crippen LogP contribution in [0.5, 0.6) is 0 Å². The molecule has 3 rings (SSSR count). The Morgan fingerprint density at radius 3 is 1.83 bits per heavy atom. The fourth-order valence-electron chi connectivity index (χ4n) is 2.35. The van der Waals surface area contributed by atoms with Crippen molar-refractivity contribution in [1.29, 1.82) is 0 Å². The van der Waals surface area contributed by atoms with Crippen molar-refractivity contribution in [3.05, 3.63) is 78.9 Å². The molecule has 0 bridgehead atoms. The van der Waals surface area contributed by atoms with Gasteiger partial charge in [-0.1, -0.05) is 55.1 Å². The molecule has 0 saturated heterocycles. The Morgan fingerprint density at radius 2 is 1.21 bits per heavy atom. The lowest BCUT2D eigenvalue weighted by molar-refractivity contribution is 0.582. The Balaban J connectivity index is 2.14. The normalized spacial score (nSPS) is 12.2. The number of hydrogen-bond acceptors (Lipinski definition) is 4. The minimum atomic E-state index is -4.56. The van der Waals surface area contributed by atoms with Crippen molar-refractivity contribution in [2.24, 2.45) is 0 Å². The van der Waals surface area contributed by atoms with E-state index in [-0.39, 0.29) is 9.79 Å². The topological polar surface area (TPSA) is 68.3 Å². The summed E-state index contributed by atoms with van der Waals surface area (Å²) in [6.07, 6.45) is 1.55. The predicted octanol–water partition coefficient (Wildman–Crippen LogP) is 3.65. The van der Waals surface area contributed by atoms with E-state index in [4.69, 9.17) is 0 Å². The molecular weight excluding hydrogens is 344 g/mol. The van der Waals surface area contributed by atoms with Crippen LogP contribution in [-0.4, -0.2) is 16.8 Å². The van der Waals surface area contributed by atoms with E-state index < -0.39 is 17.7 Å². The first kappa shape index (κ1) is 16.4. The monoisotopic (exact) mass is 358 g/mol. The minimum absolute atomic E-state index is 0.242. The molecule has 6 heteroatoms. The van der Waals surface area contributed by atoms with Gasteiger partial charge in [-0.05, 0) is 40.6 Å². The van der Waals surface area contributed by atoms with Crippen molar-refractivity contribution in [2.75, 3.05) is 0 Å². The first-order valence-corrected chi connectivity index (χ1v) is 10.6. The first-order chi connectivity index (χ1) is 11.4. The van der Waals surface area contributed by atoms with Gasteiger partial charge >= 0.3 is 0 Å². The van der Waals surface area contributed by atoms with Gasteiger partial charge in [-0.2, -0.15) is 0 Å². The van der Waals surface area contributed by atoms with Crippen molar-refractivity contribution in [3.8, 4) is 0 Å². The van der Waals surface area contributed by atoms with Gasteiger partial charge < -0.3 is 0 Å². The zero-order valence-corrected chi connectivity index (χ0v) is 14.2. The Hall–Kier alpha value is -2.44. The van der Waals surface area contributed by atoms with Crippen molar-refractivity contribution in [1.82, 2.24) is 0 Å². The lowest BCUT2D eigenvalue weighted by atomic mass is 10.1. The van der Waals surface area contributed by atoms with E-state index in [1.807, 2.05) is 12.1 Å². The number of hydrogen-bond donors (Lipinski definition) is 0. The SMILES string of the molecule is C=Cc1ccc(S(=O)(=O)S(=O)(=O)c2ccc3ccccc3c2)cc1. The summed E-state index contributed by atoms with van der Waals surface area (Å²) in [6.45, 7) is 3.58. The predicted molar refractivity (Wildman–Crippen MR) is 94.9 cm³/mol. The van der Waals surface area contributed by atoms with Crippen LogP contribution in [0.1, 0.15) is 5.56 Å². The maximum absolute atomic E-state index is 12.6. The van der Waals surface area contributed by atoms with Crippen LogP contribution in [0.4, 0.5) is 0 Å². The van der Waals surface area contributed by atoms with E-state index in [1.54, 1.807) is 24.3 Å². The Bertz CT molecular complexity index is 1130. The van der Waals surface area contributed by atoms with Gasteiger partial charge in [-0.3, -0.25) is 0 Å². The van der Waals surface area contributed by atoms with Gasteiger partial charge in [0.15, 0.2) is 0 Å². The molecule has 4 nitrogen and oxygen atoms in total. The summed E-state index contributed by atoms with van der Waals surface area (Å²) in [5.74, 6) is 0. The van der Waals surface area contributed by atoms with Crippen LogP contribution in [-0.2, 0) is 17.7 Å². The summed E-state index contributed by atoms with van der Waals surface area (Å²) in [7, 11) is -9.10. The second-order valence-electron chi connectivity index (χ2n) is 5.19. The van der Waals surface area contributed by atoms with Crippen LogP contribution in [0.15, 0.2) is 83.1 Å². The molecule has 0 amide bonds. The quantitative estimate of drug-likeness (QED) is 0.668. The molecule has 0 N–H and O–H groups in total. The third-order valence-electron chi connectivity index (χ3n) is 3.70. The molecule has 0 aliphatic rings. The van der Waals surface area contributed by atoms with E-state index in [1.165, 1.54) is 36.4 Å². The minimum Gasteiger partial charge on any atom is -0.207 e. The van der Waals surface area contributed by atoms with Crippen LogP contribution >= 0.6 is 0 Å². The Kier molecular flexibility index (Phi) is 4.03. The smallest absolute Gasteiger partial charge is 0.207 e. The van der Waals surface area contributed by atoms with Gasteiger partial charge in [-0.15, -0.1) is 0 Å². The van der Waals surface area contributed by atoms with Gasteiger partial charge in [0, 0.05) is 0 Å². The van der Waals surface area contributed by atoms with Crippen molar-refractivity contribution >= 4 is 34.6 Å². The van der Waals surface area contributed by atoms with Crippen LogP contribution in [0.25, 0.3) is 16.8 Å². The largest absolute Gasteiger partial charge is 0.286 e. The average molecular weight is 358 g/mol. The average Bonchev–Trinajstić information content (AvgIpc) is 2.61. The highest BCUT2D eigenvalue weighted by Crippen LogP contribution is 2.27. The number of benzene rings is 3. The molecule has 0 aliphatic carbocycles. The van der Waals surface area contributed by atoms with E-state index in [0.717, 1.165) is 5.39 Å². The summed E-state index contributed by atoms with van der Waals surface area (Å²) >= 11 is 0. The van der Waals surface area contributed by atoms with Crippen molar-refractivity contribution < 1.29 is 16.8 Å². The fourth-order valence-corrected chi connectivity index (χ4v) is 5.99. The van der Waals surface area contributed by atoms with Gasteiger partial charge in [0.25, 0.3) is 17.7 Å². The Labute approximate surface area is 140 Å². The molecule has 24 heavy (non-hydrogen) atoms. The van der Waals surface area contributed by atoms with Crippen molar-refractivity contribution in [2.45, 2.75) is 9.79 Å². The van der Waals surface area contributed by atoms with E-state index in [2.05, 4.69) is 6.58 Å². The summed E-state index contributed by atoms with van der Waals surface area (Å²) in [4.78, 5) is -0.504. The van der Waals surface area contributed by atoms with E-state index in [9.17, 15) is 16.8 Å². The zero-order chi connectivity index (χ0) is 17.4. The molecule has 3 aromatic rings. The standard InChI is InChI=1S/C18H14O4S2/c1-2-14-7-10-17(11-8-14)23(19,20)24(21,22)18-12-9-15-5-3-4-6-16(15)13-18/h2-13H,1H2. The van der Waals surface area contributed by atoms with E-state index >= 15 is 0 Å². The maximum atomic E-state index is 12.6. The molecular formula is C18H14O4S2. The van der Waals surface area contributed by atoms with Crippen LogP contribution in [0.2, 0.25) is 0 Å². The number of fused-ring (bicyclic) bond motifs is 1. The zero-order valence-electron chi connectivity index (χ0n) is 12.6.